The number of carbonyl (C=O) groups excluding carboxylic acids is 1. The molecule has 0 aliphatic carbocycles. The zero-order chi connectivity index (χ0) is 14.7. The van der Waals surface area contributed by atoms with Crippen molar-refractivity contribution in [3.05, 3.63) is 28.8 Å². The summed E-state index contributed by atoms with van der Waals surface area (Å²) in [6, 6.07) is 4.39. The van der Waals surface area contributed by atoms with Crippen molar-refractivity contribution in [2.75, 3.05) is 13.7 Å². The highest BCUT2D eigenvalue weighted by Crippen LogP contribution is 2.25. The Hall–Kier alpha value is -1.75. The lowest BCUT2D eigenvalue weighted by atomic mass is 10.1. The molecule has 1 amide bonds. The third kappa shape index (κ3) is 3.04. The van der Waals surface area contributed by atoms with Gasteiger partial charge in [0.05, 0.1) is 13.5 Å². The van der Waals surface area contributed by atoms with Gasteiger partial charge in [-0.1, -0.05) is 17.7 Å². The molecule has 0 radical (unpaired) electrons. The molecule has 108 valence electrons. The molecule has 1 aliphatic rings. The van der Waals surface area contributed by atoms with Crippen LogP contribution < -0.4 is 4.74 Å². The molecule has 6 heteroatoms. The van der Waals surface area contributed by atoms with E-state index < -0.39 is 12.0 Å². The van der Waals surface area contributed by atoms with Crippen molar-refractivity contribution in [3.8, 4) is 5.75 Å². The molecule has 5 nitrogen and oxygen atoms in total. The Morgan fingerprint density at radius 2 is 2.25 bits per heavy atom. The number of aliphatic carboxylic acids is 1. The Kier molecular flexibility index (Phi) is 4.49. The molecule has 1 heterocycles. The van der Waals surface area contributed by atoms with Gasteiger partial charge < -0.3 is 14.7 Å². The maximum atomic E-state index is 12.2. The van der Waals surface area contributed by atoms with Crippen molar-refractivity contribution in [1.29, 1.82) is 0 Å². The number of halogens is 1. The van der Waals surface area contributed by atoms with Crippen LogP contribution in [0.2, 0.25) is 5.02 Å². The van der Waals surface area contributed by atoms with E-state index in [1.165, 1.54) is 12.0 Å². The molecule has 1 saturated heterocycles. The third-order valence-electron chi connectivity index (χ3n) is 3.46. The van der Waals surface area contributed by atoms with Crippen LogP contribution in [0.25, 0.3) is 0 Å². The van der Waals surface area contributed by atoms with Crippen LogP contribution in [0.4, 0.5) is 0 Å². The van der Waals surface area contributed by atoms with Gasteiger partial charge in [0, 0.05) is 11.6 Å². The lowest BCUT2D eigenvalue weighted by molar-refractivity contribution is -0.148. The lowest BCUT2D eigenvalue weighted by Gasteiger charge is -2.21. The van der Waals surface area contributed by atoms with Gasteiger partial charge in [-0.15, -0.1) is 0 Å². The molecule has 1 unspecified atom stereocenters. The van der Waals surface area contributed by atoms with E-state index in [0.29, 0.717) is 29.3 Å². The highest BCUT2D eigenvalue weighted by molar-refractivity contribution is 6.31. The second kappa shape index (κ2) is 6.13. The predicted octanol–water partition coefficient (Wildman–Crippen LogP) is 1.97. The van der Waals surface area contributed by atoms with E-state index in [1.807, 2.05) is 0 Å². The minimum Gasteiger partial charge on any atom is -0.497 e. The van der Waals surface area contributed by atoms with Gasteiger partial charge in [0.15, 0.2) is 0 Å². The summed E-state index contributed by atoms with van der Waals surface area (Å²) in [5.74, 6) is -0.533. The summed E-state index contributed by atoms with van der Waals surface area (Å²) < 4.78 is 5.05. The Bertz CT molecular complexity index is 532. The van der Waals surface area contributed by atoms with Gasteiger partial charge in [-0.05, 0) is 30.5 Å². The van der Waals surface area contributed by atoms with E-state index in [-0.39, 0.29) is 12.3 Å². The Labute approximate surface area is 122 Å². The molecule has 0 spiro atoms. The van der Waals surface area contributed by atoms with Crippen LogP contribution in [0.3, 0.4) is 0 Å². The quantitative estimate of drug-likeness (QED) is 0.922. The van der Waals surface area contributed by atoms with Gasteiger partial charge in [-0.2, -0.15) is 0 Å². The normalized spacial score (nSPS) is 18.1. The van der Waals surface area contributed by atoms with Gasteiger partial charge in [0.25, 0.3) is 0 Å². The number of carboxylic acids is 1. The van der Waals surface area contributed by atoms with Crippen molar-refractivity contribution in [1.82, 2.24) is 4.90 Å². The monoisotopic (exact) mass is 297 g/mol. The van der Waals surface area contributed by atoms with Crippen LogP contribution in [0, 0.1) is 0 Å². The molecule has 1 atom stereocenters. The summed E-state index contributed by atoms with van der Waals surface area (Å²) in [7, 11) is 1.54. The van der Waals surface area contributed by atoms with Crippen LogP contribution in [-0.4, -0.2) is 41.6 Å². The second-order valence-corrected chi connectivity index (χ2v) is 5.12. The van der Waals surface area contributed by atoms with Crippen LogP contribution in [0.5, 0.6) is 5.75 Å². The minimum atomic E-state index is -0.948. The Morgan fingerprint density at radius 3 is 2.85 bits per heavy atom. The van der Waals surface area contributed by atoms with Crippen LogP contribution in [0.1, 0.15) is 18.4 Å². The van der Waals surface area contributed by atoms with Crippen LogP contribution >= 0.6 is 11.6 Å². The number of ether oxygens (including phenoxy) is 1. The molecule has 1 aromatic rings. The molecular weight excluding hydrogens is 282 g/mol. The SMILES string of the molecule is COc1ccc(CC(=O)N2CCCC2C(=O)O)c(Cl)c1. The van der Waals surface area contributed by atoms with Crippen molar-refractivity contribution in [2.45, 2.75) is 25.3 Å². The van der Waals surface area contributed by atoms with E-state index in [9.17, 15) is 9.59 Å². The fraction of sp³-hybridized carbons (Fsp3) is 0.429. The van der Waals surface area contributed by atoms with Crippen LogP contribution in [0.15, 0.2) is 18.2 Å². The minimum absolute atomic E-state index is 0.104. The number of hydrogen-bond acceptors (Lipinski definition) is 3. The molecule has 1 aliphatic heterocycles. The average molecular weight is 298 g/mol. The number of rotatable bonds is 4. The van der Waals surface area contributed by atoms with E-state index in [4.69, 9.17) is 21.4 Å². The van der Waals surface area contributed by atoms with E-state index in [0.717, 1.165) is 6.42 Å². The number of benzene rings is 1. The van der Waals surface area contributed by atoms with Gasteiger partial charge in [0.1, 0.15) is 11.8 Å². The largest absolute Gasteiger partial charge is 0.497 e. The van der Waals surface area contributed by atoms with Crippen molar-refractivity contribution in [2.24, 2.45) is 0 Å². The highest BCUT2D eigenvalue weighted by Gasteiger charge is 2.33. The number of methoxy groups -OCH3 is 1. The first-order valence-corrected chi connectivity index (χ1v) is 6.75. The van der Waals surface area contributed by atoms with Gasteiger partial charge >= 0.3 is 5.97 Å². The molecule has 1 aromatic carbocycles. The Morgan fingerprint density at radius 1 is 1.50 bits per heavy atom. The summed E-state index contributed by atoms with van der Waals surface area (Å²) in [5, 5.41) is 9.53. The molecule has 0 aromatic heterocycles. The summed E-state index contributed by atoms with van der Waals surface area (Å²) in [6.07, 6.45) is 1.34. The number of carbonyl (C=O) groups is 2. The van der Waals surface area contributed by atoms with Crippen LogP contribution in [-0.2, 0) is 16.0 Å². The topological polar surface area (TPSA) is 66.8 Å². The first kappa shape index (κ1) is 14.7. The van der Waals surface area contributed by atoms with Gasteiger partial charge in [0.2, 0.25) is 5.91 Å². The molecule has 1 fully saturated rings. The molecule has 2 rings (SSSR count). The zero-order valence-electron chi connectivity index (χ0n) is 11.1. The van der Waals surface area contributed by atoms with E-state index >= 15 is 0 Å². The lowest BCUT2D eigenvalue weighted by Crippen LogP contribution is -2.41. The molecule has 20 heavy (non-hydrogen) atoms. The first-order valence-electron chi connectivity index (χ1n) is 6.37. The fourth-order valence-corrected chi connectivity index (χ4v) is 2.62. The predicted molar refractivity (Wildman–Crippen MR) is 74.1 cm³/mol. The number of carboxylic acid groups (broad SMARTS) is 1. The first-order chi connectivity index (χ1) is 9.52. The van der Waals surface area contributed by atoms with Crippen molar-refractivity contribution < 1.29 is 19.4 Å². The molecule has 0 bridgehead atoms. The third-order valence-corrected chi connectivity index (χ3v) is 3.81. The second-order valence-electron chi connectivity index (χ2n) is 4.72. The van der Waals surface area contributed by atoms with E-state index in [2.05, 4.69) is 0 Å². The Balaban J connectivity index is 2.10. The summed E-state index contributed by atoms with van der Waals surface area (Å²) in [6.45, 7) is 0.490. The number of amides is 1. The standard InChI is InChI=1S/C14H16ClNO4/c1-20-10-5-4-9(11(15)8-10)7-13(17)16-6-2-3-12(16)14(18)19/h4-5,8,12H,2-3,6-7H2,1H3,(H,18,19). The van der Waals surface area contributed by atoms with Gasteiger partial charge in [-0.3, -0.25) is 4.79 Å². The smallest absolute Gasteiger partial charge is 0.326 e. The number of nitrogens with zero attached hydrogens (tertiary/aromatic N) is 1. The maximum absolute atomic E-state index is 12.2. The number of hydrogen-bond donors (Lipinski definition) is 1. The molecular formula is C14H16ClNO4. The van der Waals surface area contributed by atoms with Gasteiger partial charge in [-0.25, -0.2) is 4.79 Å². The summed E-state index contributed by atoms with van der Waals surface area (Å²) in [5.41, 5.74) is 0.675. The molecule has 1 N–H and O–H groups in total. The average Bonchev–Trinajstić information content (AvgIpc) is 2.90. The zero-order valence-corrected chi connectivity index (χ0v) is 11.9. The van der Waals surface area contributed by atoms with Crippen molar-refractivity contribution >= 4 is 23.5 Å². The summed E-state index contributed by atoms with van der Waals surface area (Å²) in [4.78, 5) is 24.7. The highest BCUT2D eigenvalue weighted by atomic mass is 35.5. The maximum Gasteiger partial charge on any atom is 0.326 e. The summed E-state index contributed by atoms with van der Waals surface area (Å²) >= 11 is 6.09. The van der Waals surface area contributed by atoms with E-state index in [1.54, 1.807) is 18.2 Å². The van der Waals surface area contributed by atoms with Crippen molar-refractivity contribution in [3.63, 3.8) is 0 Å². The fourth-order valence-electron chi connectivity index (χ4n) is 2.38. The number of likely N-dealkylation sites (tertiary alicyclic amines) is 1. The molecule has 0 saturated carbocycles.